The molecular weight excluding hydrogens is 370 g/mol. The quantitative estimate of drug-likeness (QED) is 0.763. The van der Waals surface area contributed by atoms with Gasteiger partial charge < -0.3 is 4.74 Å². The van der Waals surface area contributed by atoms with Crippen molar-refractivity contribution in [3.63, 3.8) is 0 Å². The van der Waals surface area contributed by atoms with Crippen LogP contribution >= 0.6 is 0 Å². The maximum absolute atomic E-state index is 13.3. The second-order valence-electron chi connectivity index (χ2n) is 8.59. The van der Waals surface area contributed by atoms with Crippen LogP contribution in [0.1, 0.15) is 30.9 Å². The summed E-state index contributed by atoms with van der Waals surface area (Å²) in [6.07, 6.45) is 2.05. The average molecular weight is 396 g/mol. The van der Waals surface area contributed by atoms with Crippen LogP contribution in [-0.2, 0) is 10.0 Å². The molecule has 0 bridgehead atoms. The van der Waals surface area contributed by atoms with E-state index in [1.807, 2.05) is 37.3 Å². The van der Waals surface area contributed by atoms with Gasteiger partial charge in [0.2, 0.25) is 10.0 Å². The molecule has 2 aliphatic heterocycles. The van der Waals surface area contributed by atoms with Crippen LogP contribution < -0.4 is 4.74 Å². The number of fused-ring (bicyclic) bond motifs is 4. The summed E-state index contributed by atoms with van der Waals surface area (Å²) in [6.45, 7) is 5.96. The topological polar surface area (TPSA) is 46.6 Å². The smallest absolute Gasteiger partial charge is 0.243 e. The van der Waals surface area contributed by atoms with Crippen LogP contribution in [0.4, 0.5) is 0 Å². The Balaban J connectivity index is 1.58. The summed E-state index contributed by atoms with van der Waals surface area (Å²) >= 11 is 0. The molecule has 5 rings (SSSR count). The van der Waals surface area contributed by atoms with Crippen LogP contribution in [0.15, 0.2) is 59.0 Å². The predicted octanol–water partition coefficient (Wildman–Crippen LogP) is 4.26. The van der Waals surface area contributed by atoms with Gasteiger partial charge in [-0.15, -0.1) is 0 Å². The first-order valence-electron chi connectivity index (χ1n) is 9.91. The van der Waals surface area contributed by atoms with Crippen molar-refractivity contribution in [2.24, 2.45) is 11.3 Å². The summed E-state index contributed by atoms with van der Waals surface area (Å²) < 4.78 is 34.2. The van der Waals surface area contributed by atoms with E-state index in [1.165, 1.54) is 11.1 Å². The van der Waals surface area contributed by atoms with Gasteiger partial charge in [-0.05, 0) is 55.0 Å². The van der Waals surface area contributed by atoms with Gasteiger partial charge in [-0.1, -0.05) is 42.8 Å². The molecular formula is C23H25NO3S. The Morgan fingerprint density at radius 3 is 2.64 bits per heavy atom. The Morgan fingerprint density at radius 1 is 1.11 bits per heavy atom. The van der Waals surface area contributed by atoms with Crippen molar-refractivity contribution >= 4 is 15.6 Å². The lowest BCUT2D eigenvalue weighted by atomic mass is 9.65. The highest BCUT2D eigenvalue weighted by molar-refractivity contribution is 7.89. The lowest BCUT2D eigenvalue weighted by molar-refractivity contribution is 0.175. The minimum Gasteiger partial charge on any atom is -0.492 e. The fraction of sp³-hybridized carbons (Fsp3) is 0.391. The molecule has 0 saturated carbocycles. The molecule has 28 heavy (non-hydrogen) atoms. The summed E-state index contributed by atoms with van der Waals surface area (Å²) in [5, 5.41) is 0. The van der Waals surface area contributed by atoms with Gasteiger partial charge in [-0.2, -0.15) is 4.31 Å². The van der Waals surface area contributed by atoms with Gasteiger partial charge in [0.25, 0.3) is 0 Å². The lowest BCUT2D eigenvalue weighted by Gasteiger charge is -2.43. The molecule has 146 valence electrons. The summed E-state index contributed by atoms with van der Waals surface area (Å²) in [4.78, 5) is 0.387. The second kappa shape index (κ2) is 6.19. The highest BCUT2D eigenvalue weighted by Crippen LogP contribution is 2.54. The van der Waals surface area contributed by atoms with E-state index in [-0.39, 0.29) is 5.41 Å². The molecule has 1 fully saturated rings. The van der Waals surface area contributed by atoms with Crippen molar-refractivity contribution in [3.8, 4) is 5.75 Å². The molecule has 0 N–H and O–H groups in total. The second-order valence-corrected chi connectivity index (χ2v) is 10.5. The highest BCUT2D eigenvalue weighted by atomic mass is 32.2. The Hall–Kier alpha value is -2.11. The minimum atomic E-state index is -3.48. The maximum atomic E-state index is 13.3. The number of hydrogen-bond donors (Lipinski definition) is 0. The highest BCUT2D eigenvalue weighted by Gasteiger charge is 2.47. The Labute approximate surface area is 166 Å². The number of benzene rings is 2. The number of nitrogens with zero attached hydrogens (tertiary/aromatic N) is 1. The van der Waals surface area contributed by atoms with Crippen molar-refractivity contribution in [1.82, 2.24) is 4.31 Å². The zero-order valence-electron chi connectivity index (χ0n) is 16.3. The van der Waals surface area contributed by atoms with Crippen molar-refractivity contribution in [2.45, 2.75) is 31.6 Å². The predicted molar refractivity (Wildman–Crippen MR) is 110 cm³/mol. The van der Waals surface area contributed by atoms with E-state index >= 15 is 0 Å². The van der Waals surface area contributed by atoms with Crippen LogP contribution in [0.25, 0.3) is 5.57 Å². The number of rotatable bonds is 2. The number of ether oxygens (including phenoxy) is 1. The fourth-order valence-electron chi connectivity index (χ4n) is 5.01. The summed E-state index contributed by atoms with van der Waals surface area (Å²) in [7, 11) is -3.48. The first-order valence-corrected chi connectivity index (χ1v) is 11.3. The molecule has 0 amide bonds. The van der Waals surface area contributed by atoms with Crippen molar-refractivity contribution in [2.75, 3.05) is 19.7 Å². The van der Waals surface area contributed by atoms with Crippen LogP contribution in [0.3, 0.4) is 0 Å². The van der Waals surface area contributed by atoms with E-state index in [0.29, 0.717) is 30.5 Å². The van der Waals surface area contributed by atoms with E-state index in [2.05, 4.69) is 13.0 Å². The van der Waals surface area contributed by atoms with Gasteiger partial charge in [0.15, 0.2) is 0 Å². The SMILES string of the molecule is Cc1ccc(S(=O)(=O)N2CC3=C4c5ccccc5OC[C@@]4(C)CC[C@H]3C2)cc1. The normalized spacial score (nSPS) is 27.0. The number of para-hydroxylation sites is 1. The zero-order valence-corrected chi connectivity index (χ0v) is 17.1. The molecule has 0 aromatic heterocycles. The van der Waals surface area contributed by atoms with E-state index in [9.17, 15) is 8.42 Å². The van der Waals surface area contributed by atoms with E-state index in [0.717, 1.165) is 29.7 Å². The molecule has 4 nitrogen and oxygen atoms in total. The third kappa shape index (κ3) is 2.64. The molecule has 2 heterocycles. The number of aryl methyl sites for hydroxylation is 1. The van der Waals surface area contributed by atoms with Crippen LogP contribution in [-0.4, -0.2) is 32.4 Å². The molecule has 1 saturated heterocycles. The Bertz CT molecular complexity index is 1070. The van der Waals surface area contributed by atoms with Gasteiger partial charge >= 0.3 is 0 Å². The van der Waals surface area contributed by atoms with Crippen LogP contribution in [0.5, 0.6) is 5.75 Å². The van der Waals surface area contributed by atoms with E-state index in [4.69, 9.17) is 4.74 Å². The summed E-state index contributed by atoms with van der Waals surface area (Å²) in [6, 6.07) is 15.3. The minimum absolute atomic E-state index is 0.0379. The number of sulfonamides is 1. The molecule has 2 atom stereocenters. The van der Waals surface area contributed by atoms with Crippen molar-refractivity contribution in [1.29, 1.82) is 0 Å². The van der Waals surface area contributed by atoms with Gasteiger partial charge in [-0.25, -0.2) is 8.42 Å². The number of hydrogen-bond acceptors (Lipinski definition) is 3. The molecule has 0 radical (unpaired) electrons. The molecule has 3 aliphatic rings. The monoisotopic (exact) mass is 395 g/mol. The average Bonchev–Trinajstić information content (AvgIpc) is 3.13. The maximum Gasteiger partial charge on any atom is 0.243 e. The molecule has 0 unspecified atom stereocenters. The summed E-state index contributed by atoms with van der Waals surface area (Å²) in [5.41, 5.74) is 4.79. The van der Waals surface area contributed by atoms with Crippen LogP contribution in [0.2, 0.25) is 0 Å². The summed E-state index contributed by atoms with van der Waals surface area (Å²) in [5.74, 6) is 1.22. The largest absolute Gasteiger partial charge is 0.492 e. The molecule has 1 aliphatic carbocycles. The van der Waals surface area contributed by atoms with Gasteiger partial charge in [-0.3, -0.25) is 0 Å². The van der Waals surface area contributed by atoms with Gasteiger partial charge in [0, 0.05) is 24.1 Å². The van der Waals surface area contributed by atoms with Crippen LogP contribution in [0, 0.1) is 18.3 Å². The van der Waals surface area contributed by atoms with Gasteiger partial charge in [0.1, 0.15) is 5.75 Å². The first kappa shape index (κ1) is 18.0. The van der Waals surface area contributed by atoms with Crippen molar-refractivity contribution < 1.29 is 13.2 Å². The lowest BCUT2D eigenvalue weighted by Crippen LogP contribution is -2.36. The molecule has 5 heteroatoms. The molecule has 0 spiro atoms. The molecule has 2 aromatic carbocycles. The van der Waals surface area contributed by atoms with Gasteiger partial charge in [0.05, 0.1) is 11.5 Å². The first-order chi connectivity index (χ1) is 13.4. The Kier molecular flexibility index (Phi) is 3.97. The fourth-order valence-corrected chi connectivity index (χ4v) is 6.48. The standard InChI is InChI=1S/C23H25NO3S/c1-16-7-9-18(10-8-16)28(25,26)24-13-17-11-12-23(2)15-27-21-6-4-3-5-19(21)22(23)20(17)14-24/h3-10,17H,11-15H2,1-2H3/t17-,23+/m0/s1. The Morgan fingerprint density at radius 2 is 1.86 bits per heavy atom. The van der Waals surface area contributed by atoms with E-state index in [1.54, 1.807) is 16.4 Å². The molecule has 2 aromatic rings. The van der Waals surface area contributed by atoms with Crippen molar-refractivity contribution in [3.05, 3.63) is 65.2 Å². The third-order valence-electron chi connectivity index (χ3n) is 6.59. The zero-order chi connectivity index (χ0) is 19.5. The van der Waals surface area contributed by atoms with E-state index < -0.39 is 10.0 Å². The third-order valence-corrected chi connectivity index (χ3v) is 8.42.